The third-order valence-corrected chi connectivity index (χ3v) is 4.51. The standard InChI is InChI=1S/C11H19NO4S/c1-3-9-17(14,15)12-8-6-5-7-10(12)11(13)16-4-2/h3,10H,1,4-9H2,2H3. The lowest BCUT2D eigenvalue weighted by atomic mass is 10.1. The van der Waals surface area contributed by atoms with E-state index in [9.17, 15) is 13.2 Å². The summed E-state index contributed by atoms with van der Waals surface area (Å²) in [4.78, 5) is 11.7. The van der Waals surface area contributed by atoms with Gasteiger partial charge in [-0.1, -0.05) is 6.08 Å². The van der Waals surface area contributed by atoms with Crippen LogP contribution in [0.3, 0.4) is 0 Å². The highest BCUT2D eigenvalue weighted by Gasteiger charge is 2.36. The van der Waals surface area contributed by atoms with Crippen LogP contribution in [-0.4, -0.2) is 43.6 Å². The number of hydrogen-bond acceptors (Lipinski definition) is 4. The molecule has 1 saturated heterocycles. The van der Waals surface area contributed by atoms with Gasteiger partial charge in [-0.05, 0) is 26.2 Å². The molecule has 1 unspecified atom stereocenters. The minimum atomic E-state index is -3.43. The van der Waals surface area contributed by atoms with E-state index in [0.717, 1.165) is 12.8 Å². The van der Waals surface area contributed by atoms with Crippen molar-refractivity contribution >= 4 is 16.0 Å². The second-order valence-corrected chi connectivity index (χ2v) is 5.91. The van der Waals surface area contributed by atoms with E-state index in [-0.39, 0.29) is 12.4 Å². The molecule has 0 radical (unpaired) electrons. The van der Waals surface area contributed by atoms with E-state index in [2.05, 4.69) is 6.58 Å². The summed E-state index contributed by atoms with van der Waals surface area (Å²) < 4.78 is 30.1. The van der Waals surface area contributed by atoms with Crippen LogP contribution in [0, 0.1) is 0 Å². The third kappa shape index (κ3) is 3.54. The Labute approximate surface area is 102 Å². The average Bonchev–Trinajstić information content (AvgIpc) is 2.29. The van der Waals surface area contributed by atoms with Crippen molar-refractivity contribution in [2.75, 3.05) is 18.9 Å². The topological polar surface area (TPSA) is 63.7 Å². The predicted molar refractivity (Wildman–Crippen MR) is 65.0 cm³/mol. The monoisotopic (exact) mass is 261 g/mol. The van der Waals surface area contributed by atoms with Gasteiger partial charge in [0.05, 0.1) is 12.4 Å². The maximum absolute atomic E-state index is 12.0. The summed E-state index contributed by atoms with van der Waals surface area (Å²) in [6, 6.07) is -0.659. The van der Waals surface area contributed by atoms with Gasteiger partial charge in [0, 0.05) is 6.54 Å². The van der Waals surface area contributed by atoms with Crippen molar-refractivity contribution in [1.82, 2.24) is 4.31 Å². The lowest BCUT2D eigenvalue weighted by molar-refractivity contribution is -0.148. The first kappa shape index (κ1) is 14.2. The van der Waals surface area contributed by atoms with Crippen molar-refractivity contribution in [3.63, 3.8) is 0 Å². The molecular formula is C11H19NO4S. The first-order valence-corrected chi connectivity index (χ1v) is 7.41. The Morgan fingerprint density at radius 2 is 2.24 bits per heavy atom. The van der Waals surface area contributed by atoms with Gasteiger partial charge in [-0.3, -0.25) is 4.79 Å². The molecule has 0 N–H and O–H groups in total. The van der Waals surface area contributed by atoms with Gasteiger partial charge in [0.1, 0.15) is 6.04 Å². The number of esters is 1. The number of hydrogen-bond donors (Lipinski definition) is 0. The smallest absolute Gasteiger partial charge is 0.324 e. The number of carbonyl (C=O) groups excluding carboxylic acids is 1. The van der Waals surface area contributed by atoms with E-state index in [1.165, 1.54) is 10.4 Å². The maximum atomic E-state index is 12.0. The quantitative estimate of drug-likeness (QED) is 0.545. The van der Waals surface area contributed by atoms with E-state index in [1.54, 1.807) is 6.92 Å². The second-order valence-electron chi connectivity index (χ2n) is 3.94. The fourth-order valence-electron chi connectivity index (χ4n) is 1.96. The number of nitrogens with zero attached hydrogens (tertiary/aromatic N) is 1. The van der Waals surface area contributed by atoms with Crippen LogP contribution in [0.5, 0.6) is 0 Å². The third-order valence-electron chi connectivity index (χ3n) is 2.70. The van der Waals surface area contributed by atoms with E-state index in [1.807, 2.05) is 0 Å². The molecule has 0 saturated carbocycles. The van der Waals surface area contributed by atoms with Gasteiger partial charge in [0.25, 0.3) is 0 Å². The van der Waals surface area contributed by atoms with E-state index < -0.39 is 22.0 Å². The van der Waals surface area contributed by atoms with Crippen molar-refractivity contribution in [2.24, 2.45) is 0 Å². The van der Waals surface area contributed by atoms with E-state index >= 15 is 0 Å². The highest BCUT2D eigenvalue weighted by molar-refractivity contribution is 7.89. The number of carbonyl (C=O) groups is 1. The van der Waals surface area contributed by atoms with Gasteiger partial charge in [-0.25, -0.2) is 8.42 Å². The molecule has 0 aliphatic carbocycles. The molecule has 17 heavy (non-hydrogen) atoms. The van der Waals surface area contributed by atoms with Crippen LogP contribution in [0.4, 0.5) is 0 Å². The summed E-state index contributed by atoms with van der Waals surface area (Å²) in [5, 5.41) is 0. The molecule has 0 amide bonds. The van der Waals surface area contributed by atoms with Crippen LogP contribution < -0.4 is 0 Å². The van der Waals surface area contributed by atoms with Crippen molar-refractivity contribution in [1.29, 1.82) is 0 Å². The Morgan fingerprint density at radius 3 is 2.82 bits per heavy atom. The highest BCUT2D eigenvalue weighted by atomic mass is 32.2. The predicted octanol–water partition coefficient (Wildman–Crippen LogP) is 0.920. The number of ether oxygens (including phenoxy) is 1. The average molecular weight is 261 g/mol. The highest BCUT2D eigenvalue weighted by Crippen LogP contribution is 2.21. The molecule has 0 aromatic rings. The van der Waals surface area contributed by atoms with Crippen LogP contribution >= 0.6 is 0 Å². The molecule has 1 atom stereocenters. The van der Waals surface area contributed by atoms with Crippen molar-refractivity contribution in [3.05, 3.63) is 12.7 Å². The van der Waals surface area contributed by atoms with Crippen molar-refractivity contribution in [3.8, 4) is 0 Å². The lowest BCUT2D eigenvalue weighted by Gasteiger charge is -2.32. The molecule has 5 nitrogen and oxygen atoms in total. The van der Waals surface area contributed by atoms with Crippen LogP contribution in [-0.2, 0) is 19.6 Å². The number of rotatable bonds is 5. The van der Waals surface area contributed by atoms with E-state index in [4.69, 9.17) is 4.74 Å². The summed E-state index contributed by atoms with van der Waals surface area (Å²) in [6.45, 7) is 5.79. The Balaban J connectivity index is 2.86. The van der Waals surface area contributed by atoms with Gasteiger partial charge < -0.3 is 4.74 Å². The molecule has 0 aromatic heterocycles. The first-order chi connectivity index (χ1) is 8.03. The normalized spacial score (nSPS) is 22.1. The van der Waals surface area contributed by atoms with Gasteiger partial charge >= 0.3 is 5.97 Å². The fourth-order valence-corrected chi connectivity index (χ4v) is 3.43. The Bertz CT molecular complexity index is 377. The Hall–Kier alpha value is -0.880. The molecule has 1 heterocycles. The molecule has 0 spiro atoms. The Kier molecular flexibility index (Phi) is 5.14. The van der Waals surface area contributed by atoms with Gasteiger partial charge in [-0.15, -0.1) is 6.58 Å². The van der Waals surface area contributed by atoms with Crippen LogP contribution in [0.25, 0.3) is 0 Å². The summed E-state index contributed by atoms with van der Waals surface area (Å²) >= 11 is 0. The maximum Gasteiger partial charge on any atom is 0.324 e. The molecule has 1 fully saturated rings. The molecule has 1 aliphatic rings. The summed E-state index contributed by atoms with van der Waals surface area (Å²) in [7, 11) is -3.43. The molecule has 1 aliphatic heterocycles. The van der Waals surface area contributed by atoms with Gasteiger partial charge in [0.2, 0.25) is 10.0 Å². The molecule has 6 heteroatoms. The van der Waals surface area contributed by atoms with Crippen LogP contribution in [0.1, 0.15) is 26.2 Å². The molecule has 1 rings (SSSR count). The minimum absolute atomic E-state index is 0.136. The SMILES string of the molecule is C=CCS(=O)(=O)N1CCCCC1C(=O)OCC. The van der Waals surface area contributed by atoms with Crippen LogP contribution in [0.2, 0.25) is 0 Å². The van der Waals surface area contributed by atoms with E-state index in [0.29, 0.717) is 13.0 Å². The molecule has 98 valence electrons. The summed E-state index contributed by atoms with van der Waals surface area (Å²) in [5.74, 6) is -0.581. The zero-order valence-electron chi connectivity index (χ0n) is 10.1. The fraction of sp³-hybridized carbons (Fsp3) is 0.727. The zero-order chi connectivity index (χ0) is 12.9. The lowest BCUT2D eigenvalue weighted by Crippen LogP contribution is -2.49. The Morgan fingerprint density at radius 1 is 1.53 bits per heavy atom. The molecule has 0 aromatic carbocycles. The molecule has 0 bridgehead atoms. The van der Waals surface area contributed by atoms with Gasteiger partial charge in [-0.2, -0.15) is 4.31 Å². The summed E-state index contributed by atoms with van der Waals surface area (Å²) in [5.41, 5.74) is 0. The second kappa shape index (κ2) is 6.16. The largest absolute Gasteiger partial charge is 0.465 e. The zero-order valence-corrected chi connectivity index (χ0v) is 10.9. The first-order valence-electron chi connectivity index (χ1n) is 5.80. The molecular weight excluding hydrogens is 242 g/mol. The summed E-state index contributed by atoms with van der Waals surface area (Å²) in [6.07, 6.45) is 3.51. The number of sulfonamides is 1. The van der Waals surface area contributed by atoms with Crippen molar-refractivity contribution in [2.45, 2.75) is 32.2 Å². The minimum Gasteiger partial charge on any atom is -0.465 e. The van der Waals surface area contributed by atoms with Gasteiger partial charge in [0.15, 0.2) is 0 Å². The van der Waals surface area contributed by atoms with Crippen molar-refractivity contribution < 1.29 is 17.9 Å². The van der Waals surface area contributed by atoms with Crippen LogP contribution in [0.15, 0.2) is 12.7 Å². The number of piperidine rings is 1.